The number of hydrogen-bond acceptors (Lipinski definition) is 5. The van der Waals surface area contributed by atoms with Crippen molar-refractivity contribution >= 4 is 5.69 Å². The number of halogens is 1. The van der Waals surface area contributed by atoms with Crippen LogP contribution in [0, 0.1) is 15.9 Å². The first-order valence-corrected chi connectivity index (χ1v) is 5.31. The molecule has 0 spiro atoms. The van der Waals surface area contributed by atoms with E-state index in [0.717, 1.165) is 12.1 Å². The number of nitrogens with zero attached hydrogens (tertiary/aromatic N) is 1. The number of nitro groups is 1. The zero-order valence-corrected chi connectivity index (χ0v) is 9.89. The molecule has 1 aromatic carbocycles. The summed E-state index contributed by atoms with van der Waals surface area (Å²) in [6, 6.07) is 3.24. The van der Waals surface area contributed by atoms with E-state index in [1.54, 1.807) is 6.92 Å². The summed E-state index contributed by atoms with van der Waals surface area (Å²) in [5, 5.41) is 31.5. The predicted octanol–water partition coefficient (Wildman–Crippen LogP) is 0.567. The summed E-state index contributed by atoms with van der Waals surface area (Å²) < 4.78 is 13.1. The molecule has 3 N–H and O–H groups in total. The highest BCUT2D eigenvalue weighted by molar-refractivity contribution is 5.35. The highest BCUT2D eigenvalue weighted by Gasteiger charge is 2.21. The zero-order chi connectivity index (χ0) is 13.8. The van der Waals surface area contributed by atoms with Crippen LogP contribution in [0.2, 0.25) is 0 Å². The fraction of sp³-hybridized carbons (Fsp3) is 0.455. The van der Waals surface area contributed by atoms with Gasteiger partial charge in [0, 0.05) is 12.6 Å². The van der Waals surface area contributed by atoms with Crippen LogP contribution in [0.3, 0.4) is 0 Å². The van der Waals surface area contributed by atoms with Gasteiger partial charge in [-0.3, -0.25) is 10.1 Å². The minimum atomic E-state index is -0.916. The number of nitrogens with one attached hydrogen (secondary N) is 1. The van der Waals surface area contributed by atoms with Crippen LogP contribution in [0.5, 0.6) is 0 Å². The van der Waals surface area contributed by atoms with Gasteiger partial charge >= 0.3 is 0 Å². The van der Waals surface area contributed by atoms with Crippen LogP contribution in [0.4, 0.5) is 10.1 Å². The van der Waals surface area contributed by atoms with E-state index in [4.69, 9.17) is 10.2 Å². The van der Waals surface area contributed by atoms with Gasteiger partial charge in [-0.15, -0.1) is 0 Å². The summed E-state index contributed by atoms with van der Waals surface area (Å²) in [4.78, 5) is 9.88. The maximum absolute atomic E-state index is 13.1. The molecule has 1 rings (SSSR count). The third-order valence-electron chi connectivity index (χ3n) is 2.57. The van der Waals surface area contributed by atoms with Crippen molar-refractivity contribution in [1.29, 1.82) is 0 Å². The SMILES string of the molecule is CC(CO)(CO)NCc1cc(F)cc([N+](=O)[O-])c1. The summed E-state index contributed by atoms with van der Waals surface area (Å²) in [5.74, 6) is -0.698. The minimum Gasteiger partial charge on any atom is -0.394 e. The number of non-ortho nitro benzene ring substituents is 1. The zero-order valence-electron chi connectivity index (χ0n) is 9.89. The molecule has 6 nitrogen and oxygen atoms in total. The minimum absolute atomic E-state index is 0.107. The van der Waals surface area contributed by atoms with Crippen LogP contribution in [0.25, 0.3) is 0 Å². The Labute approximate surface area is 103 Å². The van der Waals surface area contributed by atoms with Crippen molar-refractivity contribution in [2.24, 2.45) is 0 Å². The second-order valence-corrected chi connectivity index (χ2v) is 4.31. The van der Waals surface area contributed by atoms with Gasteiger partial charge in [0.25, 0.3) is 5.69 Å². The number of aliphatic hydroxyl groups is 2. The number of benzene rings is 1. The number of nitro benzene ring substituents is 1. The Morgan fingerprint density at radius 1 is 1.39 bits per heavy atom. The van der Waals surface area contributed by atoms with Crippen molar-refractivity contribution in [3.05, 3.63) is 39.7 Å². The summed E-state index contributed by atoms with van der Waals surface area (Å²) in [5.41, 5.74) is -0.877. The standard InChI is InChI=1S/C11H15FN2O4/c1-11(6-15,7-16)13-5-8-2-9(12)4-10(3-8)14(17)18/h2-4,13,15-16H,5-7H2,1H3. The topological polar surface area (TPSA) is 95.6 Å². The van der Waals surface area contributed by atoms with Crippen molar-refractivity contribution < 1.29 is 19.5 Å². The average Bonchev–Trinajstić information content (AvgIpc) is 2.35. The lowest BCUT2D eigenvalue weighted by Crippen LogP contribution is -2.48. The summed E-state index contributed by atoms with van der Waals surface area (Å²) >= 11 is 0. The van der Waals surface area contributed by atoms with Gasteiger partial charge in [-0.2, -0.15) is 0 Å². The van der Waals surface area contributed by atoms with Crippen molar-refractivity contribution in [3.8, 4) is 0 Å². The lowest BCUT2D eigenvalue weighted by molar-refractivity contribution is -0.385. The molecule has 0 amide bonds. The first-order chi connectivity index (χ1) is 8.40. The highest BCUT2D eigenvalue weighted by atomic mass is 19.1. The maximum Gasteiger partial charge on any atom is 0.272 e. The molecule has 100 valence electrons. The van der Waals surface area contributed by atoms with Gasteiger partial charge < -0.3 is 15.5 Å². The fourth-order valence-corrected chi connectivity index (χ4v) is 1.32. The van der Waals surface area contributed by atoms with E-state index in [-0.39, 0.29) is 25.4 Å². The number of hydrogen-bond donors (Lipinski definition) is 3. The lowest BCUT2D eigenvalue weighted by atomic mass is 10.0. The smallest absolute Gasteiger partial charge is 0.272 e. The molecule has 0 unspecified atom stereocenters. The fourth-order valence-electron chi connectivity index (χ4n) is 1.32. The van der Waals surface area contributed by atoms with E-state index in [1.807, 2.05) is 0 Å². The Hall–Kier alpha value is -1.57. The van der Waals surface area contributed by atoms with Gasteiger partial charge in [0.1, 0.15) is 5.82 Å². The molecule has 0 saturated carbocycles. The molecule has 0 aliphatic carbocycles. The monoisotopic (exact) mass is 258 g/mol. The van der Waals surface area contributed by atoms with E-state index in [9.17, 15) is 14.5 Å². The first-order valence-electron chi connectivity index (χ1n) is 5.31. The molecule has 18 heavy (non-hydrogen) atoms. The van der Waals surface area contributed by atoms with E-state index >= 15 is 0 Å². The lowest BCUT2D eigenvalue weighted by Gasteiger charge is -2.26. The molecule has 0 aliphatic heterocycles. The Bertz CT molecular complexity index is 435. The predicted molar refractivity (Wildman–Crippen MR) is 62.5 cm³/mol. The third-order valence-corrected chi connectivity index (χ3v) is 2.57. The molecule has 0 aliphatic rings. The molecule has 0 aromatic heterocycles. The van der Waals surface area contributed by atoms with Crippen LogP contribution < -0.4 is 5.32 Å². The van der Waals surface area contributed by atoms with Crippen LogP contribution in [-0.2, 0) is 6.54 Å². The molecule has 0 radical (unpaired) electrons. The molecular weight excluding hydrogens is 243 g/mol. The third kappa shape index (κ3) is 3.73. The van der Waals surface area contributed by atoms with Gasteiger partial charge in [-0.1, -0.05) is 0 Å². The largest absolute Gasteiger partial charge is 0.394 e. The van der Waals surface area contributed by atoms with Gasteiger partial charge in [0.15, 0.2) is 0 Å². The van der Waals surface area contributed by atoms with Crippen molar-refractivity contribution in [1.82, 2.24) is 5.32 Å². The molecule has 7 heteroatoms. The van der Waals surface area contributed by atoms with E-state index in [0.29, 0.717) is 5.56 Å². The Balaban J connectivity index is 2.82. The first kappa shape index (κ1) is 14.5. The molecule has 0 heterocycles. The number of rotatable bonds is 6. The van der Waals surface area contributed by atoms with Crippen LogP contribution in [0.15, 0.2) is 18.2 Å². The van der Waals surface area contributed by atoms with Crippen molar-refractivity contribution in [2.75, 3.05) is 13.2 Å². The molecule has 0 bridgehead atoms. The summed E-state index contributed by atoms with van der Waals surface area (Å²) in [7, 11) is 0. The van der Waals surface area contributed by atoms with E-state index in [1.165, 1.54) is 6.07 Å². The van der Waals surface area contributed by atoms with Crippen LogP contribution >= 0.6 is 0 Å². The highest BCUT2D eigenvalue weighted by Crippen LogP contribution is 2.16. The molecule has 0 atom stereocenters. The van der Waals surface area contributed by atoms with Crippen LogP contribution in [-0.4, -0.2) is 33.9 Å². The molecule has 0 fully saturated rings. The summed E-state index contributed by atoms with van der Waals surface area (Å²) in [6.45, 7) is 1.08. The molecule has 1 aromatic rings. The van der Waals surface area contributed by atoms with Gasteiger partial charge in [-0.05, 0) is 18.6 Å². The van der Waals surface area contributed by atoms with Gasteiger partial charge in [-0.25, -0.2) is 4.39 Å². The second kappa shape index (κ2) is 5.85. The maximum atomic E-state index is 13.1. The van der Waals surface area contributed by atoms with Gasteiger partial charge in [0.2, 0.25) is 0 Å². The molecular formula is C11H15FN2O4. The second-order valence-electron chi connectivity index (χ2n) is 4.31. The Kier molecular flexibility index (Phi) is 4.71. The van der Waals surface area contributed by atoms with Crippen LogP contribution in [0.1, 0.15) is 12.5 Å². The normalized spacial score (nSPS) is 11.6. The van der Waals surface area contributed by atoms with E-state index in [2.05, 4.69) is 5.32 Å². The van der Waals surface area contributed by atoms with E-state index < -0.39 is 16.3 Å². The van der Waals surface area contributed by atoms with Crippen molar-refractivity contribution in [2.45, 2.75) is 19.0 Å². The van der Waals surface area contributed by atoms with Gasteiger partial charge in [0.05, 0.1) is 29.7 Å². The number of aliphatic hydroxyl groups excluding tert-OH is 2. The Morgan fingerprint density at radius 3 is 2.50 bits per heavy atom. The Morgan fingerprint density at radius 2 is 2.00 bits per heavy atom. The quantitative estimate of drug-likeness (QED) is 0.512. The van der Waals surface area contributed by atoms with Crippen molar-refractivity contribution in [3.63, 3.8) is 0 Å². The molecule has 0 saturated heterocycles. The average molecular weight is 258 g/mol. The summed E-state index contributed by atoms with van der Waals surface area (Å²) in [6.07, 6.45) is 0.